The highest BCUT2D eigenvalue weighted by molar-refractivity contribution is 6.30. The zero-order valence-corrected chi connectivity index (χ0v) is 20.2. The minimum absolute atomic E-state index is 0.281. The molecule has 1 aromatic rings. The summed E-state index contributed by atoms with van der Waals surface area (Å²) < 4.78 is 15.6. The Morgan fingerprint density at radius 2 is 1.59 bits per heavy atom. The quantitative estimate of drug-likeness (QED) is 0.586. The zero-order chi connectivity index (χ0) is 24.7. The molecule has 32 heavy (non-hydrogen) atoms. The molecule has 0 saturated heterocycles. The Morgan fingerprint density at radius 3 is 2.12 bits per heavy atom. The number of nitrogens with one attached hydrogen (secondary N) is 2. The molecule has 2 N–H and O–H groups in total. The molecule has 10 heteroatoms. The van der Waals surface area contributed by atoms with Crippen LogP contribution in [-0.4, -0.2) is 47.7 Å². The summed E-state index contributed by atoms with van der Waals surface area (Å²) in [6.07, 6.45) is -1.29. The van der Waals surface area contributed by atoms with Crippen LogP contribution in [0, 0.1) is 6.92 Å². The summed E-state index contributed by atoms with van der Waals surface area (Å²) in [4.78, 5) is 48.9. The Morgan fingerprint density at radius 1 is 1.00 bits per heavy atom. The van der Waals surface area contributed by atoms with Gasteiger partial charge in [-0.1, -0.05) is 11.6 Å². The first-order valence-corrected chi connectivity index (χ1v) is 10.4. The van der Waals surface area contributed by atoms with Crippen LogP contribution in [0.25, 0.3) is 0 Å². The van der Waals surface area contributed by atoms with Crippen molar-refractivity contribution in [2.45, 2.75) is 72.1 Å². The molecule has 9 nitrogen and oxygen atoms in total. The molecule has 0 spiro atoms. The van der Waals surface area contributed by atoms with Crippen LogP contribution in [-0.2, 0) is 23.9 Å². The average molecular weight is 471 g/mol. The number of hydrogen-bond acceptors (Lipinski definition) is 7. The van der Waals surface area contributed by atoms with Gasteiger partial charge >= 0.3 is 18.0 Å². The van der Waals surface area contributed by atoms with E-state index in [1.165, 1.54) is 6.07 Å². The molecule has 2 amide bonds. The maximum absolute atomic E-state index is 12.5. The first-order valence-electron chi connectivity index (χ1n) is 10.0. The Kier molecular flexibility index (Phi) is 9.51. The molecule has 0 radical (unpaired) electrons. The first kappa shape index (κ1) is 27.2. The lowest BCUT2D eigenvalue weighted by Gasteiger charge is -2.25. The lowest BCUT2D eigenvalue weighted by Crippen LogP contribution is -2.49. The zero-order valence-electron chi connectivity index (χ0n) is 19.5. The predicted octanol–water partition coefficient (Wildman–Crippen LogP) is 3.30. The molecule has 0 aliphatic heterocycles. The Balaban J connectivity index is 2.72. The number of ether oxygens (including phenoxy) is 3. The number of halogens is 1. The SMILES string of the molecule is Cc1cc(Cl)ccc1OC(=O)NCC(=O)N[C@@H](CC(=O)OC(C)(C)C)C(=O)OC(C)(C)C. The molecule has 178 valence electrons. The number of rotatable bonds is 7. The molecular weight excluding hydrogens is 440 g/mol. The number of carbonyl (C=O) groups is 4. The molecule has 0 fully saturated rings. The van der Waals surface area contributed by atoms with Crippen molar-refractivity contribution in [3.8, 4) is 5.75 Å². The van der Waals surface area contributed by atoms with Crippen LogP contribution < -0.4 is 15.4 Å². The maximum atomic E-state index is 12.5. The summed E-state index contributed by atoms with van der Waals surface area (Å²) >= 11 is 5.86. The molecule has 1 rings (SSSR count). The van der Waals surface area contributed by atoms with Gasteiger partial charge in [-0.2, -0.15) is 0 Å². The van der Waals surface area contributed by atoms with Gasteiger partial charge in [0.05, 0.1) is 6.42 Å². The average Bonchev–Trinajstić information content (AvgIpc) is 2.58. The van der Waals surface area contributed by atoms with E-state index in [0.717, 1.165) is 0 Å². The topological polar surface area (TPSA) is 120 Å². The van der Waals surface area contributed by atoms with Crippen LogP contribution in [0.4, 0.5) is 4.79 Å². The van der Waals surface area contributed by atoms with Gasteiger partial charge in [0.15, 0.2) is 0 Å². The fourth-order valence-corrected chi connectivity index (χ4v) is 2.60. The lowest BCUT2D eigenvalue weighted by atomic mass is 10.1. The molecule has 0 heterocycles. The van der Waals surface area contributed by atoms with E-state index in [1.54, 1.807) is 60.6 Å². The van der Waals surface area contributed by atoms with E-state index in [-0.39, 0.29) is 5.75 Å². The maximum Gasteiger partial charge on any atom is 0.413 e. The second kappa shape index (κ2) is 11.2. The fourth-order valence-electron chi connectivity index (χ4n) is 2.38. The second-order valence-corrected chi connectivity index (χ2v) is 9.53. The van der Waals surface area contributed by atoms with Gasteiger partial charge in [0.1, 0.15) is 29.5 Å². The van der Waals surface area contributed by atoms with Crippen molar-refractivity contribution in [3.05, 3.63) is 28.8 Å². The van der Waals surface area contributed by atoms with Gasteiger partial charge < -0.3 is 24.8 Å². The number of aryl methyl sites for hydroxylation is 1. The van der Waals surface area contributed by atoms with Gasteiger partial charge in [-0.25, -0.2) is 9.59 Å². The smallest absolute Gasteiger partial charge is 0.413 e. The van der Waals surface area contributed by atoms with E-state index in [9.17, 15) is 19.2 Å². The summed E-state index contributed by atoms with van der Waals surface area (Å²) in [6.45, 7) is 11.3. The number of esters is 2. The van der Waals surface area contributed by atoms with E-state index in [1.807, 2.05) is 0 Å². The normalized spacial score (nSPS) is 12.4. The third kappa shape index (κ3) is 11.0. The van der Waals surface area contributed by atoms with Crippen molar-refractivity contribution in [1.29, 1.82) is 0 Å². The molecular formula is C22H31ClN2O7. The van der Waals surface area contributed by atoms with Crippen molar-refractivity contribution in [1.82, 2.24) is 10.6 Å². The highest BCUT2D eigenvalue weighted by Crippen LogP contribution is 2.21. The van der Waals surface area contributed by atoms with Gasteiger partial charge in [0.25, 0.3) is 0 Å². The fraction of sp³-hybridized carbons (Fsp3) is 0.545. The summed E-state index contributed by atoms with van der Waals surface area (Å²) in [5.41, 5.74) is -0.948. The number of hydrogen-bond donors (Lipinski definition) is 2. The molecule has 0 aliphatic carbocycles. The first-order chi connectivity index (χ1) is 14.6. The minimum atomic E-state index is -1.28. The lowest BCUT2D eigenvalue weighted by molar-refractivity contribution is -0.165. The Hall–Kier alpha value is -2.81. The monoisotopic (exact) mass is 470 g/mol. The van der Waals surface area contributed by atoms with E-state index in [2.05, 4.69) is 10.6 Å². The van der Waals surface area contributed by atoms with E-state index in [0.29, 0.717) is 10.6 Å². The summed E-state index contributed by atoms with van der Waals surface area (Å²) in [7, 11) is 0. The largest absolute Gasteiger partial charge is 0.460 e. The third-order valence-electron chi connectivity index (χ3n) is 3.55. The van der Waals surface area contributed by atoms with Crippen LogP contribution in [0.3, 0.4) is 0 Å². The predicted molar refractivity (Wildman–Crippen MR) is 118 cm³/mol. The number of carbonyl (C=O) groups excluding carboxylic acids is 4. The molecule has 0 unspecified atom stereocenters. The van der Waals surface area contributed by atoms with Crippen LogP contribution >= 0.6 is 11.6 Å². The standard InChI is InChI=1S/C22H31ClN2O7/c1-13-10-14(23)8-9-16(13)30-20(29)24-12-17(26)25-15(19(28)32-22(5,6)7)11-18(27)31-21(2,3)4/h8-10,15H,11-12H2,1-7H3,(H,24,29)(H,25,26)/t15-/m0/s1. The van der Waals surface area contributed by atoms with Crippen molar-refractivity contribution in [2.24, 2.45) is 0 Å². The Bertz CT molecular complexity index is 857. The third-order valence-corrected chi connectivity index (χ3v) is 3.79. The van der Waals surface area contributed by atoms with Crippen molar-refractivity contribution < 1.29 is 33.4 Å². The molecule has 0 aliphatic rings. The number of amides is 2. The number of benzene rings is 1. The molecule has 1 aromatic carbocycles. The molecule has 0 saturated carbocycles. The summed E-state index contributed by atoms with van der Waals surface area (Å²) in [5.74, 6) is -1.91. The van der Waals surface area contributed by atoms with Crippen molar-refractivity contribution >= 4 is 35.5 Å². The van der Waals surface area contributed by atoms with E-state index >= 15 is 0 Å². The van der Waals surface area contributed by atoms with Gasteiger partial charge in [-0.3, -0.25) is 9.59 Å². The van der Waals surface area contributed by atoms with Gasteiger partial charge in [0, 0.05) is 5.02 Å². The van der Waals surface area contributed by atoms with E-state index in [4.69, 9.17) is 25.8 Å². The second-order valence-electron chi connectivity index (χ2n) is 9.10. The van der Waals surface area contributed by atoms with E-state index < -0.39 is 54.1 Å². The highest BCUT2D eigenvalue weighted by atomic mass is 35.5. The molecule has 0 aromatic heterocycles. The van der Waals surface area contributed by atoms with Gasteiger partial charge in [-0.15, -0.1) is 0 Å². The minimum Gasteiger partial charge on any atom is -0.460 e. The Labute approximate surface area is 193 Å². The van der Waals surface area contributed by atoms with Crippen molar-refractivity contribution in [2.75, 3.05) is 6.54 Å². The summed E-state index contributed by atoms with van der Waals surface area (Å²) in [5, 5.41) is 5.17. The van der Waals surface area contributed by atoms with Gasteiger partial charge in [-0.05, 0) is 72.2 Å². The van der Waals surface area contributed by atoms with Crippen LogP contribution in [0.15, 0.2) is 18.2 Å². The van der Waals surface area contributed by atoms with Gasteiger partial charge in [0.2, 0.25) is 5.91 Å². The van der Waals surface area contributed by atoms with Crippen LogP contribution in [0.2, 0.25) is 5.02 Å². The molecule has 0 bridgehead atoms. The van der Waals surface area contributed by atoms with Crippen LogP contribution in [0.5, 0.6) is 5.75 Å². The highest BCUT2D eigenvalue weighted by Gasteiger charge is 2.30. The van der Waals surface area contributed by atoms with Crippen molar-refractivity contribution in [3.63, 3.8) is 0 Å². The molecule has 1 atom stereocenters. The van der Waals surface area contributed by atoms with Crippen LogP contribution in [0.1, 0.15) is 53.5 Å². The summed E-state index contributed by atoms with van der Waals surface area (Å²) in [6, 6.07) is 3.43.